The van der Waals surface area contributed by atoms with E-state index in [-0.39, 0.29) is 5.97 Å². The third-order valence-electron chi connectivity index (χ3n) is 4.18. The van der Waals surface area contributed by atoms with Crippen molar-refractivity contribution in [2.24, 2.45) is 0 Å². The maximum absolute atomic E-state index is 11.2. The third-order valence-corrected chi connectivity index (χ3v) is 4.18. The van der Waals surface area contributed by atoms with Crippen molar-refractivity contribution in [1.29, 1.82) is 0 Å². The summed E-state index contributed by atoms with van der Waals surface area (Å²) in [5, 5.41) is 3.56. The van der Waals surface area contributed by atoms with Gasteiger partial charge < -0.3 is 14.5 Å². The Hall–Kier alpha value is -2.33. The zero-order valence-electron chi connectivity index (χ0n) is 13.5. The topological polar surface area (TPSA) is 51.5 Å². The number of esters is 1. The molecule has 1 atom stereocenters. The number of carbonyl (C=O) groups excluding carboxylic acids is 1. The fourth-order valence-corrected chi connectivity index (χ4v) is 2.99. The van der Waals surface area contributed by atoms with Crippen molar-refractivity contribution >= 4 is 12.0 Å². The van der Waals surface area contributed by atoms with Gasteiger partial charge in [0.2, 0.25) is 0 Å². The molecule has 4 nitrogen and oxygen atoms in total. The van der Waals surface area contributed by atoms with Gasteiger partial charge in [0.05, 0.1) is 13.7 Å². The second kappa shape index (κ2) is 6.84. The molecule has 0 saturated heterocycles. The molecule has 0 fully saturated rings. The van der Waals surface area contributed by atoms with Crippen LogP contribution in [0.5, 0.6) is 0 Å². The molecule has 1 aromatic carbocycles. The van der Waals surface area contributed by atoms with Gasteiger partial charge in [-0.1, -0.05) is 18.2 Å². The van der Waals surface area contributed by atoms with Gasteiger partial charge in [-0.3, -0.25) is 0 Å². The zero-order valence-corrected chi connectivity index (χ0v) is 13.5. The molecule has 1 aliphatic carbocycles. The van der Waals surface area contributed by atoms with Crippen molar-refractivity contribution in [3.8, 4) is 0 Å². The first-order valence-electron chi connectivity index (χ1n) is 7.83. The van der Waals surface area contributed by atoms with Crippen LogP contribution in [0, 0.1) is 6.92 Å². The maximum atomic E-state index is 11.2. The van der Waals surface area contributed by atoms with Gasteiger partial charge in [-0.2, -0.15) is 0 Å². The van der Waals surface area contributed by atoms with Gasteiger partial charge in [-0.15, -0.1) is 0 Å². The number of hydrogen-bond donors (Lipinski definition) is 1. The number of methoxy groups -OCH3 is 1. The van der Waals surface area contributed by atoms with Gasteiger partial charge in [0.1, 0.15) is 11.5 Å². The van der Waals surface area contributed by atoms with Crippen LogP contribution < -0.4 is 5.32 Å². The van der Waals surface area contributed by atoms with Crippen LogP contribution in [0.3, 0.4) is 0 Å². The van der Waals surface area contributed by atoms with Gasteiger partial charge >= 0.3 is 5.97 Å². The minimum atomic E-state index is -0.334. The van der Waals surface area contributed by atoms with E-state index < -0.39 is 0 Å². The van der Waals surface area contributed by atoms with Gasteiger partial charge in [0.15, 0.2) is 0 Å². The van der Waals surface area contributed by atoms with E-state index in [2.05, 4.69) is 22.2 Å². The van der Waals surface area contributed by atoms with Crippen LogP contribution in [0.15, 0.2) is 40.8 Å². The van der Waals surface area contributed by atoms with Crippen molar-refractivity contribution in [2.45, 2.75) is 32.4 Å². The second-order valence-corrected chi connectivity index (χ2v) is 5.80. The van der Waals surface area contributed by atoms with E-state index in [1.165, 1.54) is 24.3 Å². The Bertz CT molecular complexity index is 730. The van der Waals surface area contributed by atoms with Gasteiger partial charge in [-0.25, -0.2) is 4.79 Å². The molecule has 0 bridgehead atoms. The lowest BCUT2D eigenvalue weighted by Crippen LogP contribution is -2.18. The average molecular weight is 311 g/mol. The molecule has 1 aromatic heterocycles. The van der Waals surface area contributed by atoms with E-state index in [4.69, 9.17) is 4.42 Å². The number of ether oxygens (including phenoxy) is 1. The van der Waals surface area contributed by atoms with Crippen molar-refractivity contribution < 1.29 is 13.9 Å². The highest BCUT2D eigenvalue weighted by atomic mass is 16.5. The summed E-state index contributed by atoms with van der Waals surface area (Å²) in [5.41, 5.74) is 3.70. The number of benzene rings is 1. The molecule has 2 aromatic rings. The summed E-state index contributed by atoms with van der Waals surface area (Å²) in [6.45, 7) is 2.69. The molecule has 0 saturated carbocycles. The predicted octanol–water partition coefficient (Wildman–Crippen LogP) is 3.55. The quantitative estimate of drug-likeness (QED) is 0.678. The predicted molar refractivity (Wildman–Crippen MR) is 88.8 cm³/mol. The molecule has 4 heteroatoms. The summed E-state index contributed by atoms with van der Waals surface area (Å²) in [4.78, 5) is 11.2. The number of nitrogens with one attached hydrogen (secondary N) is 1. The molecule has 3 rings (SSSR count). The van der Waals surface area contributed by atoms with Crippen LogP contribution in [0.1, 0.15) is 40.7 Å². The Balaban J connectivity index is 1.66. The number of furan rings is 1. The monoisotopic (exact) mass is 311 g/mol. The molecule has 1 heterocycles. The van der Waals surface area contributed by atoms with Crippen LogP contribution in [0.2, 0.25) is 0 Å². The number of fused-ring (bicyclic) bond motifs is 1. The normalized spacial score (nSPS) is 16.7. The standard InChI is InChI=1S/C19H21NO3/c1-13-3-7-16(23-13)12-20-18-9-6-15-11-14(4-8-17(15)18)5-10-19(21)22-2/h3-5,7-8,10-11,18,20H,6,9,12H2,1-2H3. The summed E-state index contributed by atoms with van der Waals surface area (Å²) in [6, 6.07) is 10.7. The molecular formula is C19H21NO3. The average Bonchev–Trinajstić information content (AvgIpc) is 3.16. The van der Waals surface area contributed by atoms with E-state index in [0.717, 1.165) is 36.5 Å². The Morgan fingerprint density at radius 3 is 3.00 bits per heavy atom. The Morgan fingerprint density at radius 2 is 2.26 bits per heavy atom. The molecule has 1 unspecified atom stereocenters. The van der Waals surface area contributed by atoms with Gasteiger partial charge in [0.25, 0.3) is 0 Å². The summed E-state index contributed by atoms with van der Waals surface area (Å²) in [7, 11) is 1.38. The van der Waals surface area contributed by atoms with Crippen LogP contribution in [0.4, 0.5) is 0 Å². The van der Waals surface area contributed by atoms with E-state index >= 15 is 0 Å². The highest BCUT2D eigenvalue weighted by molar-refractivity contribution is 5.86. The molecule has 1 aliphatic rings. The maximum Gasteiger partial charge on any atom is 0.330 e. The van der Waals surface area contributed by atoms with Crippen molar-refractivity contribution in [3.05, 3.63) is 64.6 Å². The van der Waals surface area contributed by atoms with Crippen molar-refractivity contribution in [3.63, 3.8) is 0 Å². The van der Waals surface area contributed by atoms with Crippen molar-refractivity contribution in [2.75, 3.05) is 7.11 Å². The molecule has 1 N–H and O–H groups in total. The first-order valence-corrected chi connectivity index (χ1v) is 7.83. The zero-order chi connectivity index (χ0) is 16.2. The molecular weight excluding hydrogens is 290 g/mol. The number of hydrogen-bond acceptors (Lipinski definition) is 4. The van der Waals surface area contributed by atoms with E-state index in [9.17, 15) is 4.79 Å². The molecule has 0 amide bonds. The van der Waals surface area contributed by atoms with E-state index in [1.54, 1.807) is 6.08 Å². The van der Waals surface area contributed by atoms with Gasteiger partial charge in [-0.05, 0) is 54.7 Å². The first kappa shape index (κ1) is 15.6. The summed E-state index contributed by atoms with van der Waals surface area (Å²) >= 11 is 0. The molecule has 0 radical (unpaired) electrons. The Labute approximate surface area is 136 Å². The lowest BCUT2D eigenvalue weighted by molar-refractivity contribution is -0.134. The van der Waals surface area contributed by atoms with Gasteiger partial charge in [0, 0.05) is 12.1 Å². The first-order chi connectivity index (χ1) is 11.2. The minimum Gasteiger partial charge on any atom is -0.466 e. The SMILES string of the molecule is COC(=O)C=Cc1ccc2c(c1)CCC2NCc1ccc(C)o1. The number of rotatable bonds is 5. The summed E-state index contributed by atoms with van der Waals surface area (Å²) < 4.78 is 10.2. The largest absolute Gasteiger partial charge is 0.466 e. The molecule has 23 heavy (non-hydrogen) atoms. The summed E-state index contributed by atoms with van der Waals surface area (Å²) in [5.74, 6) is 1.57. The highest BCUT2D eigenvalue weighted by Gasteiger charge is 2.22. The van der Waals surface area contributed by atoms with Crippen LogP contribution in [0.25, 0.3) is 6.08 Å². The lowest BCUT2D eigenvalue weighted by atomic mass is 10.0. The smallest absolute Gasteiger partial charge is 0.330 e. The second-order valence-electron chi connectivity index (χ2n) is 5.80. The Morgan fingerprint density at radius 1 is 1.39 bits per heavy atom. The molecule has 120 valence electrons. The van der Waals surface area contributed by atoms with Crippen LogP contribution in [-0.4, -0.2) is 13.1 Å². The van der Waals surface area contributed by atoms with Crippen LogP contribution >= 0.6 is 0 Å². The fourth-order valence-electron chi connectivity index (χ4n) is 2.99. The molecule has 0 spiro atoms. The van der Waals surface area contributed by atoms with Crippen molar-refractivity contribution in [1.82, 2.24) is 5.32 Å². The highest BCUT2D eigenvalue weighted by Crippen LogP contribution is 2.32. The van der Waals surface area contributed by atoms with E-state index in [0.29, 0.717) is 6.04 Å². The number of carbonyl (C=O) groups is 1. The summed E-state index contributed by atoms with van der Waals surface area (Å²) in [6.07, 6.45) is 5.37. The number of aryl methyl sites for hydroxylation is 2. The fraction of sp³-hybridized carbons (Fsp3) is 0.316. The minimum absolute atomic E-state index is 0.334. The van der Waals surface area contributed by atoms with Crippen LogP contribution in [-0.2, 0) is 22.5 Å². The Kier molecular flexibility index (Phi) is 4.63. The lowest BCUT2D eigenvalue weighted by Gasteiger charge is -2.13. The third kappa shape index (κ3) is 3.71. The van der Waals surface area contributed by atoms with E-state index in [1.807, 2.05) is 25.1 Å². The molecule has 0 aliphatic heterocycles.